The zero-order valence-electron chi connectivity index (χ0n) is 13.7. The lowest BCUT2D eigenvalue weighted by atomic mass is 9.83. The largest absolute Gasteiger partial charge is 0.0876 e. The van der Waals surface area contributed by atoms with E-state index in [-0.39, 0.29) is 0 Å². The average Bonchev–Trinajstić information content (AvgIpc) is 2.69. The summed E-state index contributed by atoms with van der Waals surface area (Å²) in [6, 6.07) is 0. The van der Waals surface area contributed by atoms with E-state index in [2.05, 4.69) is 127 Å². The quantitative estimate of drug-likeness (QED) is 0.232. The summed E-state index contributed by atoms with van der Waals surface area (Å²) in [6.45, 7) is 0. The molecule has 0 amide bonds. The lowest BCUT2D eigenvalue weighted by Gasteiger charge is -2.26. The van der Waals surface area contributed by atoms with Crippen LogP contribution >= 0.6 is 127 Å². The molecule has 0 nitrogen and oxygen atoms in total. The first-order chi connectivity index (χ1) is 12.6. The molecule has 0 atom stereocenters. The third-order valence-electron chi connectivity index (χ3n) is 4.71. The van der Waals surface area contributed by atoms with Crippen molar-refractivity contribution in [1.82, 2.24) is 0 Å². The molecule has 144 valence electrons. The maximum absolute atomic E-state index is 3.78. The molecule has 0 unspecified atom stereocenters. The predicted octanol–water partition coefficient (Wildman–Crippen LogP) is 10.00. The molecule has 0 saturated heterocycles. The molecule has 0 saturated carbocycles. The van der Waals surface area contributed by atoms with Gasteiger partial charge in [0.15, 0.2) is 0 Å². The molecule has 2 rings (SSSR count). The number of hydrogen-bond acceptors (Lipinski definition) is 0. The lowest BCUT2D eigenvalue weighted by Crippen LogP contribution is -2.10. The van der Waals surface area contributed by atoms with E-state index in [9.17, 15) is 0 Å². The van der Waals surface area contributed by atoms with Gasteiger partial charge in [0.1, 0.15) is 0 Å². The van der Waals surface area contributed by atoms with Crippen LogP contribution in [0.25, 0.3) is 10.8 Å². The van der Waals surface area contributed by atoms with Crippen LogP contribution in [0.4, 0.5) is 0 Å². The Labute approximate surface area is 222 Å². The second kappa shape index (κ2) is 11.8. The van der Waals surface area contributed by atoms with Gasteiger partial charge in [-0.3, -0.25) is 0 Å². The van der Waals surface area contributed by atoms with E-state index in [0.717, 1.165) is 42.6 Å². The van der Waals surface area contributed by atoms with E-state index in [0.29, 0.717) is 0 Å². The first-order valence-electron chi connectivity index (χ1n) is 7.72. The van der Waals surface area contributed by atoms with E-state index < -0.39 is 0 Å². The third kappa shape index (κ3) is 4.43. The van der Waals surface area contributed by atoms with Crippen molar-refractivity contribution < 1.29 is 0 Å². The molecule has 0 aliphatic carbocycles. The van der Waals surface area contributed by atoms with E-state index in [4.69, 9.17) is 0 Å². The Morgan fingerprint density at radius 3 is 0.538 bits per heavy atom. The van der Waals surface area contributed by atoms with Gasteiger partial charge in [0.2, 0.25) is 0 Å². The van der Waals surface area contributed by atoms with Crippen LogP contribution in [0.3, 0.4) is 0 Å². The second-order valence-corrected chi connectivity index (χ2v) is 10.1. The molecule has 0 aliphatic rings. The van der Waals surface area contributed by atoms with Crippen molar-refractivity contribution in [3.05, 3.63) is 44.5 Å². The van der Waals surface area contributed by atoms with Gasteiger partial charge in [-0.1, -0.05) is 127 Å². The molecule has 0 bridgehead atoms. The highest BCUT2D eigenvalue weighted by Gasteiger charge is 2.25. The molecular weight excluding hydrogens is 855 g/mol. The zero-order valence-corrected chi connectivity index (χ0v) is 26.4. The predicted molar refractivity (Wildman–Crippen MR) is 145 cm³/mol. The Morgan fingerprint density at radius 2 is 0.423 bits per heavy atom. The van der Waals surface area contributed by atoms with E-state index in [1.54, 1.807) is 0 Å². The fraction of sp³-hybridized carbons (Fsp3) is 0.444. The molecule has 0 aromatic heterocycles. The summed E-state index contributed by atoms with van der Waals surface area (Å²) in [5, 5.41) is 9.52. The summed E-state index contributed by atoms with van der Waals surface area (Å²) in [7, 11) is 0. The highest BCUT2D eigenvalue weighted by Crippen LogP contribution is 2.44. The lowest BCUT2D eigenvalue weighted by molar-refractivity contribution is 1.16. The topological polar surface area (TPSA) is 0 Å². The van der Waals surface area contributed by atoms with Gasteiger partial charge in [0, 0.05) is 42.6 Å². The summed E-state index contributed by atoms with van der Waals surface area (Å²) in [5.74, 6) is 0. The van der Waals surface area contributed by atoms with Crippen molar-refractivity contribution >= 4 is 138 Å². The first kappa shape index (κ1) is 24.8. The van der Waals surface area contributed by atoms with E-state index >= 15 is 0 Å². The second-order valence-electron chi connectivity index (χ2n) is 5.65. The Hall–Kier alpha value is 2.54. The maximum atomic E-state index is 3.78. The van der Waals surface area contributed by atoms with Crippen LogP contribution in [0.5, 0.6) is 0 Å². The van der Waals surface area contributed by atoms with Crippen LogP contribution in [0, 0.1) is 0 Å². The number of benzene rings is 2. The SMILES string of the molecule is BrCc1c(CBr)c(CBr)c2c(CBr)c(CBr)c(CBr)c(CBr)c2c1CBr. The number of alkyl halides is 8. The molecule has 0 aliphatic heterocycles. The zero-order chi connectivity index (χ0) is 19.4. The molecule has 26 heavy (non-hydrogen) atoms. The molecule has 2 aromatic carbocycles. The van der Waals surface area contributed by atoms with Crippen molar-refractivity contribution in [2.75, 3.05) is 0 Å². The number of halogens is 8. The monoisotopic (exact) mass is 863 g/mol. The Morgan fingerprint density at radius 1 is 0.269 bits per heavy atom. The smallest absolute Gasteiger partial charge is 0.0292 e. The fourth-order valence-corrected chi connectivity index (χ4v) is 8.72. The average molecular weight is 872 g/mol. The molecule has 0 N–H and O–H groups in total. The Kier molecular flexibility index (Phi) is 11.3. The first-order valence-corrected chi connectivity index (χ1v) is 16.7. The van der Waals surface area contributed by atoms with Gasteiger partial charge >= 0.3 is 0 Å². The number of rotatable bonds is 8. The third-order valence-corrected chi connectivity index (χ3v) is 9.20. The van der Waals surface area contributed by atoms with Crippen LogP contribution in [0.15, 0.2) is 0 Å². The fourth-order valence-electron chi connectivity index (χ4n) is 3.54. The minimum Gasteiger partial charge on any atom is -0.0876 e. The number of fused-ring (bicyclic) bond motifs is 1. The van der Waals surface area contributed by atoms with Gasteiger partial charge in [0.25, 0.3) is 0 Å². The number of hydrogen-bond donors (Lipinski definition) is 0. The van der Waals surface area contributed by atoms with E-state index in [1.165, 1.54) is 55.3 Å². The highest BCUT2D eigenvalue weighted by atomic mass is 79.9. The molecule has 0 fully saturated rings. The standard InChI is InChI=1S/C18H16Br8/c19-1-9-10(2-20)14(6-24)18-16(8-26)12(4-22)11(3-21)15(7-25)17(18)13(9)5-23/h1-8H2. The minimum absolute atomic E-state index is 0.837. The van der Waals surface area contributed by atoms with Gasteiger partial charge in [-0.15, -0.1) is 0 Å². The van der Waals surface area contributed by atoms with Gasteiger partial charge in [0.05, 0.1) is 0 Å². The van der Waals surface area contributed by atoms with Crippen LogP contribution in [-0.4, -0.2) is 0 Å². The molecule has 0 spiro atoms. The van der Waals surface area contributed by atoms with Crippen molar-refractivity contribution in [3.63, 3.8) is 0 Å². The Balaban J connectivity index is 3.29. The molecule has 0 radical (unpaired) electrons. The molecule has 8 heteroatoms. The molecule has 2 aromatic rings. The highest BCUT2D eigenvalue weighted by molar-refractivity contribution is 9.09. The van der Waals surface area contributed by atoms with Gasteiger partial charge in [-0.25, -0.2) is 0 Å². The van der Waals surface area contributed by atoms with Crippen LogP contribution in [-0.2, 0) is 42.6 Å². The van der Waals surface area contributed by atoms with Crippen LogP contribution < -0.4 is 0 Å². The summed E-state index contributed by atoms with van der Waals surface area (Å²) in [6.07, 6.45) is 0. The van der Waals surface area contributed by atoms with Gasteiger partial charge < -0.3 is 0 Å². The van der Waals surface area contributed by atoms with E-state index in [1.807, 2.05) is 0 Å². The van der Waals surface area contributed by atoms with Crippen molar-refractivity contribution in [2.24, 2.45) is 0 Å². The van der Waals surface area contributed by atoms with Crippen LogP contribution in [0.2, 0.25) is 0 Å². The maximum Gasteiger partial charge on any atom is 0.0292 e. The van der Waals surface area contributed by atoms with Crippen LogP contribution in [0.1, 0.15) is 44.5 Å². The summed E-state index contributed by atoms with van der Waals surface area (Å²) in [5.41, 5.74) is 11.1. The van der Waals surface area contributed by atoms with Crippen molar-refractivity contribution in [2.45, 2.75) is 42.6 Å². The molecular formula is C18H16Br8. The van der Waals surface area contributed by atoms with Crippen molar-refractivity contribution in [3.8, 4) is 0 Å². The summed E-state index contributed by atoms with van der Waals surface area (Å²) >= 11 is 30.1. The Bertz CT molecular complexity index is 671. The summed E-state index contributed by atoms with van der Waals surface area (Å²) < 4.78 is 0. The minimum atomic E-state index is 0.837. The van der Waals surface area contributed by atoms with Gasteiger partial charge in [-0.05, 0) is 55.3 Å². The van der Waals surface area contributed by atoms with Gasteiger partial charge in [-0.2, -0.15) is 0 Å². The van der Waals surface area contributed by atoms with Crippen molar-refractivity contribution in [1.29, 1.82) is 0 Å². The summed E-state index contributed by atoms with van der Waals surface area (Å²) in [4.78, 5) is 0. The normalized spacial score (nSPS) is 11.5. The molecule has 0 heterocycles.